The Morgan fingerprint density at radius 3 is 1.95 bits per heavy atom. The number of carbonyl (C=O) groups is 5. The Balaban J connectivity index is 1.23. The van der Waals surface area contributed by atoms with Gasteiger partial charge in [-0.25, -0.2) is 4.79 Å². The molecule has 0 spiro atoms. The SMILES string of the molecule is C[C@@H](Cc1ccccc1)C(=O)N[C@H](CCCN=C(N)N)C(=O)C[C@@H](CC12CC3CC(CC(C3)C1)C2)C(=O)N[C@@H](CCCCNC(=O)OCc1ccccc1)C(N)=O. The van der Waals surface area contributed by atoms with E-state index in [0.717, 1.165) is 30.4 Å². The average molecular weight is 786 g/mol. The molecule has 0 heterocycles. The van der Waals surface area contributed by atoms with Crippen LogP contribution in [0.5, 0.6) is 0 Å². The molecule has 0 aromatic heterocycles. The van der Waals surface area contributed by atoms with Crippen LogP contribution in [0, 0.1) is 35.0 Å². The first-order valence-electron chi connectivity index (χ1n) is 20.8. The number of guanidine groups is 1. The van der Waals surface area contributed by atoms with Gasteiger partial charge in [0, 0.05) is 31.3 Å². The van der Waals surface area contributed by atoms with E-state index in [4.69, 9.17) is 21.9 Å². The van der Waals surface area contributed by atoms with E-state index in [9.17, 15) is 24.0 Å². The molecule has 310 valence electrons. The maximum atomic E-state index is 14.3. The normalized spacial score (nSPS) is 22.6. The number of primary amides is 1. The Kier molecular flexibility index (Phi) is 15.9. The number of carbonyl (C=O) groups excluding carboxylic acids is 5. The van der Waals surface area contributed by atoms with E-state index in [1.165, 1.54) is 19.3 Å². The molecule has 13 nitrogen and oxygen atoms in total. The van der Waals surface area contributed by atoms with Crippen LogP contribution in [0.3, 0.4) is 0 Å². The molecule has 13 heteroatoms. The second-order valence-corrected chi connectivity index (χ2v) is 17.0. The van der Waals surface area contributed by atoms with E-state index in [1.807, 2.05) is 67.6 Å². The summed E-state index contributed by atoms with van der Waals surface area (Å²) in [4.78, 5) is 71.1. The van der Waals surface area contributed by atoms with E-state index in [1.54, 1.807) is 0 Å². The molecule has 2 aromatic carbocycles. The van der Waals surface area contributed by atoms with Gasteiger partial charge in [-0.3, -0.25) is 24.2 Å². The molecule has 4 bridgehead atoms. The Hall–Kier alpha value is -4.94. The minimum atomic E-state index is -0.939. The van der Waals surface area contributed by atoms with Gasteiger partial charge in [0.15, 0.2) is 11.7 Å². The Bertz CT molecular complexity index is 1650. The highest BCUT2D eigenvalue weighted by Crippen LogP contribution is 2.62. The quantitative estimate of drug-likeness (QED) is 0.0528. The van der Waals surface area contributed by atoms with Gasteiger partial charge in [0.1, 0.15) is 12.6 Å². The lowest BCUT2D eigenvalue weighted by molar-refractivity contribution is -0.137. The first-order valence-corrected chi connectivity index (χ1v) is 20.8. The van der Waals surface area contributed by atoms with Crippen molar-refractivity contribution in [1.29, 1.82) is 0 Å². The fraction of sp³-hybridized carbons (Fsp3) is 0.591. The maximum Gasteiger partial charge on any atom is 0.407 e. The van der Waals surface area contributed by atoms with E-state index in [0.29, 0.717) is 69.4 Å². The van der Waals surface area contributed by atoms with Gasteiger partial charge in [0.05, 0.1) is 6.04 Å². The number of amides is 4. The standard InChI is InChI=1S/C44H63N7O6/c1-29(19-30-11-4-2-5-12-30)40(54)50-36(16-10-18-48-42(46)47)38(52)23-35(27-44-24-32-20-33(25-44)22-34(21-32)26-44)41(55)51-37(39(45)53)15-8-9-17-49-43(56)57-28-31-13-6-3-7-14-31/h2-7,11-14,29,32-37H,8-10,15-28H2,1H3,(H2,45,53)(H,49,56)(H,50,54)(H,51,55)(H4,46,47,48)/t29-,32?,33?,34?,35-,36+,37-,44?/m0/s1. The summed E-state index contributed by atoms with van der Waals surface area (Å²) in [6, 6.07) is 17.3. The maximum absolute atomic E-state index is 14.3. The molecule has 0 aliphatic heterocycles. The summed E-state index contributed by atoms with van der Waals surface area (Å²) < 4.78 is 5.27. The summed E-state index contributed by atoms with van der Waals surface area (Å²) in [6.45, 7) is 2.62. The zero-order chi connectivity index (χ0) is 40.8. The minimum absolute atomic E-state index is 0.0314. The van der Waals surface area contributed by atoms with Crippen LogP contribution in [0.1, 0.15) is 102 Å². The average Bonchev–Trinajstić information content (AvgIpc) is 3.17. The van der Waals surface area contributed by atoms with Gasteiger partial charge in [-0.15, -0.1) is 0 Å². The number of nitrogens with two attached hydrogens (primary N) is 3. The second kappa shape index (κ2) is 21.0. The molecule has 57 heavy (non-hydrogen) atoms. The number of nitrogens with one attached hydrogen (secondary N) is 3. The molecule has 2 aromatic rings. The molecule has 4 aliphatic carbocycles. The van der Waals surface area contributed by atoms with E-state index in [2.05, 4.69) is 20.9 Å². The Morgan fingerprint density at radius 1 is 0.772 bits per heavy atom. The van der Waals surface area contributed by atoms with Crippen LogP contribution in [-0.4, -0.2) is 60.7 Å². The third-order valence-corrected chi connectivity index (χ3v) is 12.2. The van der Waals surface area contributed by atoms with Crippen molar-refractivity contribution in [2.24, 2.45) is 57.2 Å². The van der Waals surface area contributed by atoms with Crippen molar-refractivity contribution in [3.05, 3.63) is 71.8 Å². The van der Waals surface area contributed by atoms with Crippen LogP contribution in [0.2, 0.25) is 0 Å². The molecule has 6 rings (SSSR count). The first kappa shape index (κ1) is 43.2. The number of Topliss-reactive ketones (excluding diaryl/α,β-unsaturated/α-hetero) is 1. The lowest BCUT2D eigenvalue weighted by Gasteiger charge is -2.57. The first-order chi connectivity index (χ1) is 27.4. The zero-order valence-electron chi connectivity index (χ0n) is 33.5. The highest BCUT2D eigenvalue weighted by atomic mass is 16.5. The third-order valence-electron chi connectivity index (χ3n) is 12.2. The van der Waals surface area contributed by atoms with Crippen LogP contribution in [0.15, 0.2) is 65.7 Å². The summed E-state index contributed by atoms with van der Waals surface area (Å²) in [7, 11) is 0. The van der Waals surface area contributed by atoms with E-state index in [-0.39, 0.29) is 48.4 Å². The fourth-order valence-electron chi connectivity index (χ4n) is 9.91. The van der Waals surface area contributed by atoms with Crippen molar-refractivity contribution in [1.82, 2.24) is 16.0 Å². The minimum Gasteiger partial charge on any atom is -0.445 e. The van der Waals surface area contributed by atoms with Gasteiger partial charge < -0.3 is 37.9 Å². The number of benzene rings is 2. The molecule has 0 unspecified atom stereocenters. The molecule has 4 saturated carbocycles. The zero-order valence-corrected chi connectivity index (χ0v) is 33.5. The molecule has 4 amide bonds. The summed E-state index contributed by atoms with van der Waals surface area (Å²) in [6.07, 6.45) is 9.41. The van der Waals surface area contributed by atoms with Gasteiger partial charge in [-0.05, 0) is 118 Å². The smallest absolute Gasteiger partial charge is 0.407 e. The highest BCUT2D eigenvalue weighted by Gasteiger charge is 2.52. The number of aliphatic imine (C=N–C) groups is 1. The predicted molar refractivity (Wildman–Crippen MR) is 219 cm³/mol. The van der Waals surface area contributed by atoms with Crippen molar-refractivity contribution < 1.29 is 28.7 Å². The molecule has 4 aliphatic rings. The summed E-state index contributed by atoms with van der Waals surface area (Å²) in [5, 5.41) is 8.65. The number of alkyl carbamates (subject to hydrolysis) is 1. The molecule has 0 radical (unpaired) electrons. The summed E-state index contributed by atoms with van der Waals surface area (Å²) in [5.74, 6) is -0.699. The lowest BCUT2D eigenvalue weighted by atomic mass is 9.48. The molecule has 0 saturated heterocycles. The number of hydrogen-bond donors (Lipinski definition) is 6. The summed E-state index contributed by atoms with van der Waals surface area (Å²) >= 11 is 0. The monoisotopic (exact) mass is 785 g/mol. The van der Waals surface area contributed by atoms with Crippen molar-refractivity contribution in [3.8, 4) is 0 Å². The second-order valence-electron chi connectivity index (χ2n) is 17.0. The number of rotatable bonds is 23. The lowest BCUT2D eigenvalue weighted by Crippen LogP contribution is -2.51. The van der Waals surface area contributed by atoms with Crippen molar-refractivity contribution in [2.75, 3.05) is 13.1 Å². The van der Waals surface area contributed by atoms with Crippen LogP contribution < -0.4 is 33.2 Å². The van der Waals surface area contributed by atoms with Crippen molar-refractivity contribution in [3.63, 3.8) is 0 Å². The van der Waals surface area contributed by atoms with E-state index >= 15 is 0 Å². The number of ether oxygens (including phenoxy) is 1. The van der Waals surface area contributed by atoms with Crippen LogP contribution in [0.4, 0.5) is 4.79 Å². The molecular formula is C44H63N7O6. The van der Waals surface area contributed by atoms with Gasteiger partial charge in [-0.1, -0.05) is 67.6 Å². The van der Waals surface area contributed by atoms with Gasteiger partial charge >= 0.3 is 6.09 Å². The predicted octanol–water partition coefficient (Wildman–Crippen LogP) is 4.65. The van der Waals surface area contributed by atoms with Crippen LogP contribution in [0.25, 0.3) is 0 Å². The largest absolute Gasteiger partial charge is 0.445 e. The van der Waals surface area contributed by atoms with Crippen molar-refractivity contribution >= 4 is 35.6 Å². The number of hydrogen-bond acceptors (Lipinski definition) is 7. The third kappa shape index (κ3) is 13.6. The Morgan fingerprint density at radius 2 is 1.35 bits per heavy atom. The molecular weight excluding hydrogens is 723 g/mol. The molecule has 4 atom stereocenters. The van der Waals surface area contributed by atoms with E-state index < -0.39 is 35.9 Å². The van der Waals surface area contributed by atoms with Crippen molar-refractivity contribution in [2.45, 2.75) is 116 Å². The van der Waals surface area contributed by atoms with Gasteiger partial charge in [0.2, 0.25) is 17.7 Å². The van der Waals surface area contributed by atoms with Crippen LogP contribution >= 0.6 is 0 Å². The summed E-state index contributed by atoms with van der Waals surface area (Å²) in [5.41, 5.74) is 18.8. The molecule has 9 N–H and O–H groups in total. The number of unbranched alkanes of at least 4 members (excludes halogenated alkanes) is 1. The topological polar surface area (TPSA) is 221 Å². The van der Waals surface area contributed by atoms with Gasteiger partial charge in [0.25, 0.3) is 0 Å². The molecule has 4 fully saturated rings. The fourth-order valence-corrected chi connectivity index (χ4v) is 9.91. The Labute approximate surface area is 337 Å². The van der Waals surface area contributed by atoms with Crippen LogP contribution in [-0.2, 0) is 36.9 Å². The van der Waals surface area contributed by atoms with Gasteiger partial charge in [-0.2, -0.15) is 0 Å². The number of nitrogens with zero attached hydrogens (tertiary/aromatic N) is 1. The highest BCUT2D eigenvalue weighted by molar-refractivity contribution is 5.94. The number of ketones is 1.